The predicted molar refractivity (Wildman–Crippen MR) is 122 cm³/mol. The summed E-state index contributed by atoms with van der Waals surface area (Å²) < 4.78 is 32.1. The molecule has 1 aromatic carbocycles. The number of hydrogen-bond donors (Lipinski definition) is 3. The predicted octanol–water partition coefficient (Wildman–Crippen LogP) is 2.13. The number of piperidine rings is 1. The van der Waals surface area contributed by atoms with Crippen molar-refractivity contribution in [1.29, 1.82) is 0 Å². The van der Waals surface area contributed by atoms with Gasteiger partial charge in [-0.3, -0.25) is 4.79 Å². The van der Waals surface area contributed by atoms with E-state index in [1.807, 2.05) is 19.1 Å². The van der Waals surface area contributed by atoms with Gasteiger partial charge in [0.05, 0.1) is 12.4 Å². The zero-order valence-corrected chi connectivity index (χ0v) is 19.3. The van der Waals surface area contributed by atoms with Gasteiger partial charge in [-0.25, -0.2) is 13.1 Å². The Morgan fingerprint density at radius 3 is 2.48 bits per heavy atom. The molecule has 178 valence electrons. The minimum Gasteiger partial charge on any atom is -0.494 e. The van der Waals surface area contributed by atoms with Gasteiger partial charge in [0, 0.05) is 0 Å². The molecular weight excluding hydrogens is 420 g/mol. The Hall–Kier alpha value is -1.68. The molecule has 0 radical (unpaired) electrons. The third-order valence-electron chi connectivity index (χ3n) is 5.48. The lowest BCUT2D eigenvalue weighted by Gasteiger charge is -2.22. The van der Waals surface area contributed by atoms with E-state index in [1.54, 1.807) is 12.1 Å². The molecule has 1 atom stereocenters. The maximum absolute atomic E-state index is 12.0. The van der Waals surface area contributed by atoms with Crippen LogP contribution in [-0.2, 0) is 21.2 Å². The van der Waals surface area contributed by atoms with E-state index in [-0.39, 0.29) is 17.6 Å². The van der Waals surface area contributed by atoms with E-state index in [4.69, 9.17) is 4.74 Å². The highest BCUT2D eigenvalue weighted by Crippen LogP contribution is 2.19. The van der Waals surface area contributed by atoms with Gasteiger partial charge in [0.25, 0.3) is 0 Å². The second kappa shape index (κ2) is 14.4. The lowest BCUT2D eigenvalue weighted by atomic mass is 9.93. The molecule has 0 aliphatic carbocycles. The standard InChI is InChI=1S/C22H36N2O5S.H2O/c1-2-3-16-30(27,28)24-21(22(25)26)17-19-7-9-20(10-8-19)29-15-5-4-6-18-11-13-23-14-12-18;/h7-10,18,21,23-24H,2-6,11-17H2,1H3,(H,25,26);1H2. The highest BCUT2D eigenvalue weighted by molar-refractivity contribution is 7.89. The van der Waals surface area contributed by atoms with E-state index >= 15 is 0 Å². The van der Waals surface area contributed by atoms with Gasteiger partial charge < -0.3 is 20.6 Å². The minimum atomic E-state index is -3.60. The van der Waals surface area contributed by atoms with E-state index in [1.165, 1.54) is 25.7 Å². The topological polar surface area (TPSA) is 136 Å². The van der Waals surface area contributed by atoms with E-state index in [0.717, 1.165) is 43.2 Å². The van der Waals surface area contributed by atoms with Crippen molar-refractivity contribution in [2.24, 2.45) is 5.92 Å². The average Bonchev–Trinajstić information content (AvgIpc) is 2.73. The van der Waals surface area contributed by atoms with Crippen LogP contribution in [0.4, 0.5) is 0 Å². The molecule has 0 aromatic heterocycles. The maximum Gasteiger partial charge on any atom is 0.322 e. The first kappa shape index (κ1) is 27.4. The van der Waals surface area contributed by atoms with Gasteiger partial charge in [0.1, 0.15) is 11.8 Å². The lowest BCUT2D eigenvalue weighted by molar-refractivity contribution is -0.138. The summed E-state index contributed by atoms with van der Waals surface area (Å²) in [6.45, 7) is 4.83. The zero-order chi connectivity index (χ0) is 21.8. The molecule has 1 unspecified atom stereocenters. The molecule has 2 rings (SSSR count). The number of aliphatic carboxylic acids is 1. The van der Waals surface area contributed by atoms with Crippen LogP contribution in [-0.4, -0.2) is 56.5 Å². The van der Waals surface area contributed by atoms with Crippen molar-refractivity contribution < 1.29 is 28.5 Å². The number of carboxylic acid groups (broad SMARTS) is 1. The monoisotopic (exact) mass is 458 g/mol. The number of nitrogens with one attached hydrogen (secondary N) is 2. The molecule has 1 aliphatic heterocycles. The molecule has 5 N–H and O–H groups in total. The number of carboxylic acids is 1. The molecule has 1 aliphatic rings. The normalized spacial score (nSPS) is 15.8. The number of hydrogen-bond acceptors (Lipinski definition) is 5. The van der Waals surface area contributed by atoms with Gasteiger partial charge in [-0.15, -0.1) is 0 Å². The molecule has 0 spiro atoms. The first-order valence-corrected chi connectivity index (χ1v) is 12.7. The Bertz CT molecular complexity index is 733. The molecule has 1 heterocycles. The van der Waals surface area contributed by atoms with Crippen molar-refractivity contribution >= 4 is 16.0 Å². The Labute approximate surface area is 186 Å². The van der Waals surface area contributed by atoms with Crippen molar-refractivity contribution in [1.82, 2.24) is 10.0 Å². The van der Waals surface area contributed by atoms with Gasteiger partial charge in [0.2, 0.25) is 10.0 Å². The van der Waals surface area contributed by atoms with Crippen LogP contribution >= 0.6 is 0 Å². The molecule has 0 bridgehead atoms. The minimum absolute atomic E-state index is 0. The summed E-state index contributed by atoms with van der Waals surface area (Å²) in [4.78, 5) is 11.5. The summed E-state index contributed by atoms with van der Waals surface area (Å²) in [6, 6.07) is 6.04. The molecular formula is C22H38N2O6S. The smallest absolute Gasteiger partial charge is 0.322 e. The molecule has 0 saturated carbocycles. The summed E-state index contributed by atoms with van der Waals surface area (Å²) in [5.41, 5.74) is 0.749. The van der Waals surface area contributed by atoms with Gasteiger partial charge >= 0.3 is 5.97 Å². The van der Waals surface area contributed by atoms with Crippen LogP contribution in [0.15, 0.2) is 24.3 Å². The van der Waals surface area contributed by atoms with Crippen LogP contribution in [0.2, 0.25) is 0 Å². The number of ether oxygens (including phenoxy) is 1. The second-order valence-electron chi connectivity index (χ2n) is 8.07. The van der Waals surface area contributed by atoms with Gasteiger partial charge in [-0.1, -0.05) is 31.9 Å². The average molecular weight is 459 g/mol. The van der Waals surface area contributed by atoms with E-state index in [2.05, 4.69) is 10.0 Å². The zero-order valence-electron chi connectivity index (χ0n) is 18.4. The van der Waals surface area contributed by atoms with Crippen LogP contribution in [0.3, 0.4) is 0 Å². The number of benzene rings is 1. The lowest BCUT2D eigenvalue weighted by Crippen LogP contribution is -2.43. The van der Waals surface area contributed by atoms with E-state index in [9.17, 15) is 18.3 Å². The van der Waals surface area contributed by atoms with E-state index in [0.29, 0.717) is 13.0 Å². The summed E-state index contributed by atoms with van der Waals surface area (Å²) in [5.74, 6) is 0.352. The summed E-state index contributed by atoms with van der Waals surface area (Å²) >= 11 is 0. The highest BCUT2D eigenvalue weighted by atomic mass is 32.2. The fraction of sp³-hybridized carbons (Fsp3) is 0.682. The molecule has 31 heavy (non-hydrogen) atoms. The largest absolute Gasteiger partial charge is 0.494 e. The number of rotatable bonds is 14. The molecule has 1 fully saturated rings. The quantitative estimate of drug-likeness (QED) is 0.365. The second-order valence-corrected chi connectivity index (χ2v) is 9.94. The molecule has 1 aromatic rings. The van der Waals surface area contributed by atoms with Crippen molar-refractivity contribution in [3.63, 3.8) is 0 Å². The van der Waals surface area contributed by atoms with Crippen LogP contribution in [0, 0.1) is 5.92 Å². The first-order chi connectivity index (χ1) is 14.4. The molecule has 0 amide bonds. The van der Waals surface area contributed by atoms with Gasteiger partial charge in [-0.2, -0.15) is 0 Å². The number of carbonyl (C=O) groups is 1. The highest BCUT2D eigenvalue weighted by Gasteiger charge is 2.24. The fourth-order valence-corrected chi connectivity index (χ4v) is 5.05. The van der Waals surface area contributed by atoms with Crippen LogP contribution < -0.4 is 14.8 Å². The summed E-state index contributed by atoms with van der Waals surface area (Å²) in [7, 11) is -3.60. The molecule has 9 heteroatoms. The third kappa shape index (κ3) is 11.0. The van der Waals surface area contributed by atoms with Crippen LogP contribution in [0.5, 0.6) is 5.75 Å². The summed E-state index contributed by atoms with van der Waals surface area (Å²) in [5, 5.41) is 12.8. The fourth-order valence-electron chi connectivity index (χ4n) is 3.64. The Kier molecular flexibility index (Phi) is 12.7. The van der Waals surface area contributed by atoms with Crippen LogP contribution in [0.1, 0.15) is 57.4 Å². The van der Waals surface area contributed by atoms with Crippen LogP contribution in [0.25, 0.3) is 0 Å². The van der Waals surface area contributed by atoms with Gasteiger partial charge in [0.15, 0.2) is 0 Å². The molecule has 8 nitrogen and oxygen atoms in total. The van der Waals surface area contributed by atoms with Crippen molar-refractivity contribution in [3.8, 4) is 5.75 Å². The Morgan fingerprint density at radius 1 is 1.19 bits per heavy atom. The van der Waals surface area contributed by atoms with Gasteiger partial charge in [-0.05, 0) is 75.2 Å². The third-order valence-corrected chi connectivity index (χ3v) is 6.95. The number of unbranched alkanes of at least 4 members (excludes halogenated alkanes) is 2. The first-order valence-electron chi connectivity index (χ1n) is 11.0. The van der Waals surface area contributed by atoms with Crippen molar-refractivity contribution in [2.45, 2.75) is 64.3 Å². The number of sulfonamides is 1. The Balaban J connectivity index is 0.00000480. The van der Waals surface area contributed by atoms with Crippen molar-refractivity contribution in [2.75, 3.05) is 25.4 Å². The maximum atomic E-state index is 12.0. The van der Waals surface area contributed by atoms with E-state index < -0.39 is 22.0 Å². The summed E-state index contributed by atoms with van der Waals surface area (Å²) in [6.07, 6.45) is 7.33. The van der Waals surface area contributed by atoms with Crippen molar-refractivity contribution in [3.05, 3.63) is 29.8 Å². The SMILES string of the molecule is CCCCS(=O)(=O)NC(Cc1ccc(OCCCCC2CCNCC2)cc1)C(=O)O.O. The molecule has 1 saturated heterocycles. The Morgan fingerprint density at radius 2 is 1.87 bits per heavy atom.